The fourth-order valence-corrected chi connectivity index (χ4v) is 11.1. The van der Waals surface area contributed by atoms with E-state index < -0.39 is 36.7 Å². The number of aliphatic hydroxyl groups is 3. The molecule has 3 N–H and O–H groups in total. The third kappa shape index (κ3) is 4.24. The van der Waals surface area contributed by atoms with Crippen molar-refractivity contribution in [3.05, 3.63) is 11.6 Å². The summed E-state index contributed by atoms with van der Waals surface area (Å²) in [5, 5.41) is 42.1. The molecule has 4 aliphatic carbocycles. The zero-order valence-electron chi connectivity index (χ0n) is 25.4. The average Bonchev–Trinajstić information content (AvgIpc) is 3.40. The quantitative estimate of drug-likeness (QED) is 0.424. The summed E-state index contributed by atoms with van der Waals surface area (Å²) in [5.41, 5.74) is 1.73. The fraction of sp³-hybridized carbons (Fsp3) is 0.909. The first-order valence-electron chi connectivity index (χ1n) is 16.5. The Hall–Kier alpha value is -1.07. The molecule has 0 radical (unpaired) electrons. The van der Waals surface area contributed by atoms with Gasteiger partial charge in [0.1, 0.15) is 24.4 Å². The molecule has 7 rings (SSSR count). The number of allylic oxidation sites excluding steroid dienone is 1. The minimum Gasteiger partial charge on any atom is -0.547 e. The largest absolute Gasteiger partial charge is 0.547 e. The van der Waals surface area contributed by atoms with Gasteiger partial charge in [-0.15, -0.1) is 0 Å². The predicted molar refractivity (Wildman–Crippen MR) is 148 cm³/mol. The van der Waals surface area contributed by atoms with Gasteiger partial charge in [0, 0.05) is 12.3 Å². The zero-order chi connectivity index (χ0) is 29.8. The number of aliphatic hydroxyl groups excluding tert-OH is 3. The van der Waals surface area contributed by atoms with Crippen molar-refractivity contribution in [2.24, 2.45) is 46.3 Å². The van der Waals surface area contributed by atoms with Crippen molar-refractivity contribution in [1.82, 2.24) is 0 Å². The van der Waals surface area contributed by atoms with Crippen molar-refractivity contribution in [2.45, 2.75) is 134 Å². The molecule has 16 atom stereocenters. The molecule has 3 heterocycles. The smallest absolute Gasteiger partial charge is 0.187 e. The Morgan fingerprint density at radius 2 is 1.81 bits per heavy atom. The number of ether oxygens (including phenoxy) is 4. The summed E-state index contributed by atoms with van der Waals surface area (Å²) in [5.74, 6) is 1.39. The molecule has 0 aromatic heterocycles. The van der Waals surface area contributed by atoms with Gasteiger partial charge >= 0.3 is 0 Å². The first-order valence-corrected chi connectivity index (χ1v) is 16.5. The third-order valence-electron chi connectivity index (χ3n) is 13.5. The van der Waals surface area contributed by atoms with E-state index in [4.69, 9.17) is 18.9 Å². The topological polar surface area (TPSA) is 138 Å². The van der Waals surface area contributed by atoms with Crippen LogP contribution in [0.1, 0.15) is 85.5 Å². The van der Waals surface area contributed by atoms with Crippen LogP contribution in [0.25, 0.3) is 0 Å². The van der Waals surface area contributed by atoms with E-state index in [1.54, 1.807) is 0 Å². The lowest BCUT2D eigenvalue weighted by Gasteiger charge is -2.58. The summed E-state index contributed by atoms with van der Waals surface area (Å²) < 4.78 is 24.8. The second-order valence-corrected chi connectivity index (χ2v) is 15.5. The molecule has 9 nitrogen and oxygen atoms in total. The number of carbonyl (C=O) groups excluding carboxylic acids is 1. The van der Waals surface area contributed by atoms with Crippen molar-refractivity contribution in [1.29, 1.82) is 0 Å². The van der Waals surface area contributed by atoms with E-state index in [-0.39, 0.29) is 28.8 Å². The summed E-state index contributed by atoms with van der Waals surface area (Å²) in [4.78, 5) is 11.4. The van der Waals surface area contributed by atoms with Gasteiger partial charge in [-0.25, -0.2) is 0 Å². The van der Waals surface area contributed by atoms with Crippen molar-refractivity contribution >= 4 is 5.97 Å². The number of hydrogen-bond acceptors (Lipinski definition) is 9. The van der Waals surface area contributed by atoms with Crippen LogP contribution in [0.4, 0.5) is 0 Å². The highest BCUT2D eigenvalue weighted by Gasteiger charge is 2.68. The van der Waals surface area contributed by atoms with Crippen LogP contribution in [-0.2, 0) is 23.7 Å². The second-order valence-electron chi connectivity index (χ2n) is 15.5. The van der Waals surface area contributed by atoms with Gasteiger partial charge < -0.3 is 44.2 Å². The highest BCUT2D eigenvalue weighted by atomic mass is 16.7. The Morgan fingerprint density at radius 3 is 2.52 bits per heavy atom. The number of fused-ring (bicyclic) bond motifs is 7. The molecule has 1 spiro atoms. The van der Waals surface area contributed by atoms with Gasteiger partial charge in [-0.2, -0.15) is 0 Å². The van der Waals surface area contributed by atoms with Crippen molar-refractivity contribution in [3.8, 4) is 0 Å². The molecule has 0 aromatic rings. The average molecular weight is 590 g/mol. The van der Waals surface area contributed by atoms with Gasteiger partial charge in [0.25, 0.3) is 0 Å². The number of hydrogen-bond donors (Lipinski definition) is 3. The van der Waals surface area contributed by atoms with Crippen LogP contribution in [0.3, 0.4) is 0 Å². The van der Waals surface area contributed by atoms with Gasteiger partial charge in [0.05, 0.1) is 24.8 Å². The number of carbonyl (C=O) groups is 1. The molecule has 236 valence electrons. The summed E-state index contributed by atoms with van der Waals surface area (Å²) in [6.07, 6.45) is 3.53. The minimum absolute atomic E-state index is 0.0768. The lowest BCUT2D eigenvalue weighted by Crippen LogP contribution is -2.63. The molecule has 9 heteroatoms. The standard InChI is InChI=1S/C33H50O9/c1-16-7-12-33(39-15-16)17(2)24-23(42-33)14-22-20-6-5-18-13-19(8-10-31(18,3)21(20)9-11-32(22,24)4)40-30-27(36)25(34)26(35)28(41-30)29(37)38/h5,16-17,19-28,30,34-36H,6-15H2,1-4H3,(H,37,38)/p-1/t16-,17-,19-,20+,21-,22-,23-,24-,25-,26-,27+,28-,30+,31-,32-,33-/m0/s1. The maximum absolute atomic E-state index is 11.4. The summed E-state index contributed by atoms with van der Waals surface area (Å²) in [6.45, 7) is 10.4. The molecule has 0 bridgehead atoms. The van der Waals surface area contributed by atoms with Crippen LogP contribution >= 0.6 is 0 Å². The minimum atomic E-state index is -1.78. The zero-order valence-corrected chi connectivity index (χ0v) is 25.4. The molecule has 0 unspecified atom stereocenters. The third-order valence-corrected chi connectivity index (χ3v) is 13.5. The highest BCUT2D eigenvalue weighted by Crippen LogP contribution is 2.70. The van der Waals surface area contributed by atoms with Crippen molar-refractivity contribution in [2.75, 3.05) is 6.61 Å². The maximum atomic E-state index is 11.4. The summed E-state index contributed by atoms with van der Waals surface area (Å²) >= 11 is 0. The molecule has 42 heavy (non-hydrogen) atoms. The monoisotopic (exact) mass is 589 g/mol. The molecule has 6 fully saturated rings. The Morgan fingerprint density at radius 1 is 1.02 bits per heavy atom. The van der Waals surface area contributed by atoms with E-state index in [0.29, 0.717) is 41.9 Å². The van der Waals surface area contributed by atoms with E-state index in [9.17, 15) is 25.2 Å². The van der Waals surface area contributed by atoms with Crippen molar-refractivity contribution < 1.29 is 44.2 Å². The van der Waals surface area contributed by atoms with Crippen LogP contribution in [0.2, 0.25) is 0 Å². The number of carboxylic acids is 1. The van der Waals surface area contributed by atoms with E-state index >= 15 is 0 Å². The van der Waals surface area contributed by atoms with E-state index in [1.165, 1.54) is 24.8 Å². The number of carboxylic acid groups (broad SMARTS) is 1. The van der Waals surface area contributed by atoms with E-state index in [1.807, 2.05) is 0 Å². The number of aliphatic carboxylic acids is 1. The normalized spacial score (nSPS) is 57.1. The molecule has 7 aliphatic rings. The molecule has 3 saturated heterocycles. The maximum Gasteiger partial charge on any atom is 0.187 e. The van der Waals surface area contributed by atoms with Gasteiger partial charge in [-0.1, -0.05) is 39.3 Å². The molecule has 3 saturated carbocycles. The fourth-order valence-electron chi connectivity index (χ4n) is 11.1. The summed E-state index contributed by atoms with van der Waals surface area (Å²) in [7, 11) is 0. The number of rotatable bonds is 3. The van der Waals surface area contributed by atoms with Gasteiger partial charge in [-0.3, -0.25) is 0 Å². The van der Waals surface area contributed by atoms with Crippen LogP contribution in [0.15, 0.2) is 11.6 Å². The lowest BCUT2D eigenvalue weighted by molar-refractivity contribution is -0.353. The summed E-state index contributed by atoms with van der Waals surface area (Å²) in [6, 6.07) is 0. The van der Waals surface area contributed by atoms with Gasteiger partial charge in [0.15, 0.2) is 12.1 Å². The van der Waals surface area contributed by atoms with Crippen LogP contribution in [0, 0.1) is 46.3 Å². The van der Waals surface area contributed by atoms with E-state index in [2.05, 4.69) is 33.8 Å². The molecular weight excluding hydrogens is 540 g/mol. The Labute approximate surface area is 248 Å². The Kier molecular flexibility index (Phi) is 7.21. The second kappa shape index (κ2) is 10.2. The lowest BCUT2D eigenvalue weighted by atomic mass is 9.47. The van der Waals surface area contributed by atoms with E-state index in [0.717, 1.165) is 38.7 Å². The SMILES string of the molecule is C[C@H]1CC[C@]2(OC1)O[C@H]1C[C@H]3[C@@H]4CC=C5C[C@@H](O[C@@H]6O[C@H](C(=O)[O-])[C@@H](O)[C@H](O)[C@H]6O)CC[C@]5(C)[C@H]4CC[C@]3(C)[C@H]1[C@@H]2C. The van der Waals surface area contributed by atoms with Crippen molar-refractivity contribution in [3.63, 3.8) is 0 Å². The molecule has 0 aromatic carbocycles. The first-order chi connectivity index (χ1) is 19.9. The molecule has 3 aliphatic heterocycles. The molecular formula is C33H49O9-. The Bertz CT molecular complexity index is 1100. The van der Waals surface area contributed by atoms with Gasteiger partial charge in [0.2, 0.25) is 0 Å². The Balaban J connectivity index is 1.05. The first kappa shape index (κ1) is 29.6. The van der Waals surface area contributed by atoms with Crippen LogP contribution in [-0.4, -0.2) is 76.6 Å². The molecule has 0 amide bonds. The van der Waals surface area contributed by atoms with Gasteiger partial charge in [-0.05, 0) is 91.8 Å². The predicted octanol–water partition coefficient (Wildman–Crippen LogP) is 2.30. The van der Waals surface area contributed by atoms with Crippen LogP contribution < -0.4 is 5.11 Å². The highest BCUT2D eigenvalue weighted by molar-refractivity contribution is 5.71. The van der Waals surface area contributed by atoms with Crippen LogP contribution in [0.5, 0.6) is 0 Å².